The highest BCUT2D eigenvalue weighted by Crippen LogP contribution is 2.20. The molecule has 2 heterocycles. The molecule has 0 amide bonds. The Balaban J connectivity index is 2.07. The van der Waals surface area contributed by atoms with Crippen LogP contribution in [0, 0.1) is 0 Å². The van der Waals surface area contributed by atoms with Gasteiger partial charge in [0, 0.05) is 29.9 Å². The number of pyridine rings is 1. The third-order valence-corrected chi connectivity index (χ3v) is 3.08. The lowest BCUT2D eigenvalue weighted by Gasteiger charge is -2.04. The van der Waals surface area contributed by atoms with Gasteiger partial charge in [-0.1, -0.05) is 30.3 Å². The number of nitrogens with zero attached hydrogens (tertiary/aromatic N) is 2. The van der Waals surface area contributed by atoms with Crippen molar-refractivity contribution in [3.63, 3.8) is 0 Å². The molecule has 0 saturated carbocycles. The average molecular weight is 238 g/mol. The first kappa shape index (κ1) is 11.0. The molecule has 18 heavy (non-hydrogen) atoms. The van der Waals surface area contributed by atoms with Gasteiger partial charge in [0.15, 0.2) is 0 Å². The standard InChI is InChI=1S/C15H14N2O/c18-11-13-10-17(9-12-5-2-1-3-6-12)15-14(13)7-4-8-16-15/h1-8,10,18H,9,11H2. The predicted molar refractivity (Wildman–Crippen MR) is 71.2 cm³/mol. The maximum Gasteiger partial charge on any atom is 0.140 e. The maximum atomic E-state index is 9.37. The van der Waals surface area contributed by atoms with Crippen LogP contribution in [-0.2, 0) is 13.2 Å². The summed E-state index contributed by atoms with van der Waals surface area (Å²) in [5, 5.41) is 10.4. The van der Waals surface area contributed by atoms with E-state index in [1.165, 1.54) is 5.56 Å². The van der Waals surface area contributed by atoms with Crippen molar-refractivity contribution in [1.29, 1.82) is 0 Å². The van der Waals surface area contributed by atoms with Crippen LogP contribution < -0.4 is 0 Å². The number of rotatable bonds is 3. The fourth-order valence-corrected chi connectivity index (χ4v) is 2.22. The summed E-state index contributed by atoms with van der Waals surface area (Å²) in [6.45, 7) is 0.818. The van der Waals surface area contributed by atoms with Crippen molar-refractivity contribution in [3.05, 3.63) is 66.0 Å². The summed E-state index contributed by atoms with van der Waals surface area (Å²) in [5.41, 5.74) is 3.07. The predicted octanol–water partition coefficient (Wildman–Crippen LogP) is 2.58. The van der Waals surface area contributed by atoms with Gasteiger partial charge in [-0.15, -0.1) is 0 Å². The molecule has 0 atom stereocenters. The summed E-state index contributed by atoms with van der Waals surface area (Å²) in [7, 11) is 0. The maximum absolute atomic E-state index is 9.37. The summed E-state index contributed by atoms with van der Waals surface area (Å²) >= 11 is 0. The summed E-state index contributed by atoms with van der Waals surface area (Å²) in [6.07, 6.45) is 3.76. The van der Waals surface area contributed by atoms with E-state index in [1.807, 2.05) is 36.5 Å². The van der Waals surface area contributed by atoms with E-state index < -0.39 is 0 Å². The molecular formula is C15H14N2O. The average Bonchev–Trinajstić information content (AvgIpc) is 2.78. The number of benzene rings is 1. The first-order chi connectivity index (χ1) is 8.88. The topological polar surface area (TPSA) is 38.0 Å². The van der Waals surface area contributed by atoms with Gasteiger partial charge in [0.1, 0.15) is 5.65 Å². The van der Waals surface area contributed by atoms with E-state index in [4.69, 9.17) is 0 Å². The molecule has 3 heteroatoms. The Morgan fingerprint density at radius 1 is 1.06 bits per heavy atom. The first-order valence-corrected chi connectivity index (χ1v) is 5.96. The molecular weight excluding hydrogens is 224 g/mol. The zero-order valence-corrected chi connectivity index (χ0v) is 9.95. The first-order valence-electron chi connectivity index (χ1n) is 5.96. The SMILES string of the molecule is OCc1cn(Cc2ccccc2)c2ncccc12. The number of aliphatic hydroxyl groups is 1. The Kier molecular flexibility index (Phi) is 2.82. The summed E-state index contributed by atoms with van der Waals surface area (Å²) in [5.74, 6) is 0. The van der Waals surface area contributed by atoms with Crippen LogP contribution in [0.15, 0.2) is 54.9 Å². The van der Waals surface area contributed by atoms with Crippen LogP contribution in [0.3, 0.4) is 0 Å². The molecule has 3 rings (SSSR count). The van der Waals surface area contributed by atoms with Gasteiger partial charge in [-0.25, -0.2) is 4.98 Å². The zero-order valence-electron chi connectivity index (χ0n) is 9.95. The fourth-order valence-electron chi connectivity index (χ4n) is 2.22. The van der Waals surface area contributed by atoms with Crippen molar-refractivity contribution in [1.82, 2.24) is 9.55 Å². The van der Waals surface area contributed by atoms with Crippen molar-refractivity contribution in [3.8, 4) is 0 Å². The minimum atomic E-state index is 0.0456. The van der Waals surface area contributed by atoms with Gasteiger partial charge in [0.05, 0.1) is 6.61 Å². The lowest BCUT2D eigenvalue weighted by atomic mass is 10.2. The molecule has 0 spiro atoms. The Morgan fingerprint density at radius 2 is 1.89 bits per heavy atom. The fraction of sp³-hybridized carbons (Fsp3) is 0.133. The minimum absolute atomic E-state index is 0.0456. The van der Waals surface area contributed by atoms with E-state index in [0.29, 0.717) is 0 Å². The molecule has 0 unspecified atom stereocenters. The molecule has 0 aliphatic rings. The molecule has 90 valence electrons. The number of fused-ring (bicyclic) bond motifs is 1. The zero-order chi connectivity index (χ0) is 12.4. The van der Waals surface area contributed by atoms with E-state index >= 15 is 0 Å². The highest BCUT2D eigenvalue weighted by molar-refractivity contribution is 5.80. The summed E-state index contributed by atoms with van der Waals surface area (Å²) < 4.78 is 2.08. The molecule has 0 saturated heterocycles. The van der Waals surface area contributed by atoms with Crippen molar-refractivity contribution in [2.45, 2.75) is 13.2 Å². The van der Waals surface area contributed by atoms with Crippen molar-refractivity contribution in [2.24, 2.45) is 0 Å². The van der Waals surface area contributed by atoms with E-state index in [9.17, 15) is 5.11 Å². The van der Waals surface area contributed by atoms with E-state index in [1.54, 1.807) is 6.20 Å². The summed E-state index contributed by atoms with van der Waals surface area (Å²) in [6, 6.07) is 14.1. The molecule has 3 nitrogen and oxygen atoms in total. The van der Waals surface area contributed by atoms with Crippen molar-refractivity contribution >= 4 is 11.0 Å². The van der Waals surface area contributed by atoms with Crippen molar-refractivity contribution in [2.75, 3.05) is 0 Å². The van der Waals surface area contributed by atoms with Gasteiger partial charge in [-0.2, -0.15) is 0 Å². The number of aliphatic hydroxyl groups excluding tert-OH is 1. The van der Waals surface area contributed by atoms with Gasteiger partial charge in [0.2, 0.25) is 0 Å². The van der Waals surface area contributed by atoms with E-state index in [2.05, 4.69) is 21.7 Å². The molecule has 0 radical (unpaired) electrons. The Hall–Kier alpha value is -2.13. The number of hydrogen-bond acceptors (Lipinski definition) is 2. The Morgan fingerprint density at radius 3 is 2.67 bits per heavy atom. The van der Waals surface area contributed by atoms with Gasteiger partial charge < -0.3 is 9.67 Å². The van der Waals surface area contributed by atoms with Crippen LogP contribution in [0.25, 0.3) is 11.0 Å². The van der Waals surface area contributed by atoms with Crippen LogP contribution in [0.5, 0.6) is 0 Å². The number of aromatic nitrogens is 2. The van der Waals surface area contributed by atoms with Gasteiger partial charge in [0.25, 0.3) is 0 Å². The smallest absolute Gasteiger partial charge is 0.140 e. The third-order valence-electron chi connectivity index (χ3n) is 3.08. The van der Waals surface area contributed by atoms with Crippen LogP contribution >= 0.6 is 0 Å². The monoisotopic (exact) mass is 238 g/mol. The number of hydrogen-bond donors (Lipinski definition) is 1. The Bertz CT molecular complexity index is 659. The van der Waals surface area contributed by atoms with Crippen LogP contribution in [0.4, 0.5) is 0 Å². The highest BCUT2D eigenvalue weighted by Gasteiger charge is 2.08. The lowest BCUT2D eigenvalue weighted by Crippen LogP contribution is -1.98. The normalized spacial score (nSPS) is 10.9. The summed E-state index contributed by atoms with van der Waals surface area (Å²) in [4.78, 5) is 4.40. The van der Waals surface area contributed by atoms with Gasteiger partial charge >= 0.3 is 0 Å². The molecule has 0 fully saturated rings. The minimum Gasteiger partial charge on any atom is -0.392 e. The third kappa shape index (κ3) is 1.89. The van der Waals surface area contributed by atoms with Crippen LogP contribution in [0.1, 0.15) is 11.1 Å². The van der Waals surface area contributed by atoms with Crippen LogP contribution in [0.2, 0.25) is 0 Å². The molecule has 0 aliphatic heterocycles. The van der Waals surface area contributed by atoms with Crippen LogP contribution in [-0.4, -0.2) is 14.7 Å². The second-order valence-corrected chi connectivity index (χ2v) is 4.30. The quantitative estimate of drug-likeness (QED) is 0.761. The highest BCUT2D eigenvalue weighted by atomic mass is 16.3. The second kappa shape index (κ2) is 4.63. The molecule has 2 aromatic heterocycles. The van der Waals surface area contributed by atoms with Gasteiger partial charge in [-0.3, -0.25) is 0 Å². The lowest BCUT2D eigenvalue weighted by molar-refractivity contribution is 0.283. The molecule has 1 aromatic carbocycles. The largest absolute Gasteiger partial charge is 0.392 e. The second-order valence-electron chi connectivity index (χ2n) is 4.30. The molecule has 0 aliphatic carbocycles. The van der Waals surface area contributed by atoms with Gasteiger partial charge in [-0.05, 0) is 17.7 Å². The Labute approximate surface area is 105 Å². The van der Waals surface area contributed by atoms with E-state index in [0.717, 1.165) is 23.1 Å². The molecule has 3 aromatic rings. The van der Waals surface area contributed by atoms with Crippen molar-refractivity contribution < 1.29 is 5.11 Å². The molecule has 1 N–H and O–H groups in total. The van der Waals surface area contributed by atoms with E-state index in [-0.39, 0.29) is 6.61 Å². The molecule has 0 bridgehead atoms.